The molecule has 1 aromatic heterocycles. The number of amidine groups is 1. The van der Waals surface area contributed by atoms with Gasteiger partial charge in [0.05, 0.1) is 32.8 Å². The molecule has 1 atom stereocenters. The fraction of sp³-hybridized carbons (Fsp3) is 0.321. The summed E-state index contributed by atoms with van der Waals surface area (Å²) in [5.41, 5.74) is 7.84. The average Bonchev–Trinajstić information content (AvgIpc) is 3.69. The first-order valence-corrected chi connectivity index (χ1v) is 13.5. The van der Waals surface area contributed by atoms with Crippen molar-refractivity contribution in [2.24, 2.45) is 5.73 Å². The van der Waals surface area contributed by atoms with E-state index in [0.29, 0.717) is 18.8 Å². The van der Waals surface area contributed by atoms with Crippen molar-refractivity contribution in [3.05, 3.63) is 76.0 Å². The molecule has 1 spiro atoms. The van der Waals surface area contributed by atoms with Crippen molar-refractivity contribution >= 4 is 34.7 Å². The molecule has 3 aromatic rings. The summed E-state index contributed by atoms with van der Waals surface area (Å²) in [4.78, 5) is 28.9. The number of thiophene rings is 1. The van der Waals surface area contributed by atoms with Crippen LogP contribution in [-0.2, 0) is 25.6 Å². The van der Waals surface area contributed by atoms with Gasteiger partial charge in [-0.2, -0.15) is 0 Å². The van der Waals surface area contributed by atoms with Crippen LogP contribution in [0.1, 0.15) is 22.4 Å². The summed E-state index contributed by atoms with van der Waals surface area (Å²) in [6.45, 7) is 3.26. The summed E-state index contributed by atoms with van der Waals surface area (Å²) in [7, 11) is 0. The maximum Gasteiger partial charge on any atom is 0.243 e. The van der Waals surface area contributed by atoms with Gasteiger partial charge in [0.1, 0.15) is 23.4 Å². The van der Waals surface area contributed by atoms with E-state index in [1.165, 1.54) is 16.2 Å². The molecule has 0 radical (unpaired) electrons. The van der Waals surface area contributed by atoms with Crippen LogP contribution in [0.15, 0.2) is 60.0 Å². The Labute approximate surface area is 230 Å². The molecule has 0 saturated carbocycles. The van der Waals surface area contributed by atoms with Crippen LogP contribution in [0.3, 0.4) is 0 Å². The molecule has 0 aliphatic carbocycles. The van der Waals surface area contributed by atoms with Crippen molar-refractivity contribution < 1.29 is 23.8 Å². The fourth-order valence-corrected chi connectivity index (χ4v) is 5.54. The highest BCUT2D eigenvalue weighted by Gasteiger charge is 2.52. The number of nitrogens with zero attached hydrogens (tertiary/aromatic N) is 1. The number of para-hydroxylation sites is 1. The Morgan fingerprint density at radius 2 is 1.95 bits per heavy atom. The van der Waals surface area contributed by atoms with Gasteiger partial charge in [0.2, 0.25) is 11.8 Å². The second-order valence-electron chi connectivity index (χ2n) is 9.53. The number of nitrogens with two attached hydrogens (primary N) is 1. The van der Waals surface area contributed by atoms with E-state index in [1.807, 2.05) is 55.5 Å². The second kappa shape index (κ2) is 11.4. The van der Waals surface area contributed by atoms with Crippen molar-refractivity contribution in [1.82, 2.24) is 10.2 Å². The molecule has 5 rings (SSSR count). The van der Waals surface area contributed by atoms with Crippen LogP contribution < -0.4 is 21.1 Å². The summed E-state index contributed by atoms with van der Waals surface area (Å²) in [5, 5.41) is 15.4. The van der Waals surface area contributed by atoms with E-state index in [4.69, 9.17) is 25.4 Å². The topological polar surface area (TPSA) is 139 Å². The summed E-state index contributed by atoms with van der Waals surface area (Å²) in [6, 6.07) is 16.2. The second-order valence-corrected chi connectivity index (χ2v) is 10.5. The minimum Gasteiger partial charge on any atom is -0.457 e. The van der Waals surface area contributed by atoms with Crippen molar-refractivity contribution in [1.29, 1.82) is 5.41 Å². The highest BCUT2D eigenvalue weighted by Crippen LogP contribution is 2.35. The third-order valence-electron chi connectivity index (χ3n) is 6.72. The molecule has 39 heavy (non-hydrogen) atoms. The van der Waals surface area contributed by atoms with Crippen molar-refractivity contribution in [3.8, 4) is 11.5 Å². The van der Waals surface area contributed by atoms with Gasteiger partial charge in [-0.3, -0.25) is 15.0 Å². The summed E-state index contributed by atoms with van der Waals surface area (Å²) in [6.07, 6.45) is 0.262. The van der Waals surface area contributed by atoms with E-state index in [2.05, 4.69) is 10.6 Å². The van der Waals surface area contributed by atoms with Crippen molar-refractivity contribution in [2.45, 2.75) is 31.7 Å². The van der Waals surface area contributed by atoms with Gasteiger partial charge in [-0.25, -0.2) is 0 Å². The average molecular weight is 550 g/mol. The summed E-state index contributed by atoms with van der Waals surface area (Å²) < 4.78 is 17.6. The zero-order valence-corrected chi connectivity index (χ0v) is 22.4. The Balaban J connectivity index is 1.21. The number of nitrogens with one attached hydrogen (secondary N) is 3. The smallest absolute Gasteiger partial charge is 0.243 e. The predicted octanol–water partition coefficient (Wildman–Crippen LogP) is 3.21. The third-order valence-corrected chi connectivity index (χ3v) is 7.66. The van der Waals surface area contributed by atoms with Crippen LogP contribution in [0.25, 0.3) is 0 Å². The summed E-state index contributed by atoms with van der Waals surface area (Å²) in [5.74, 6) is -0.0183. The lowest BCUT2D eigenvalue weighted by atomic mass is 10.1. The van der Waals surface area contributed by atoms with Gasteiger partial charge in [-0.1, -0.05) is 18.2 Å². The molecule has 2 aromatic carbocycles. The predicted molar refractivity (Wildman–Crippen MR) is 148 cm³/mol. The lowest BCUT2D eigenvalue weighted by Crippen LogP contribution is -2.47. The highest BCUT2D eigenvalue weighted by atomic mass is 32.1. The molecule has 3 heterocycles. The molecule has 5 N–H and O–H groups in total. The van der Waals surface area contributed by atoms with Crippen molar-refractivity contribution in [3.63, 3.8) is 0 Å². The maximum absolute atomic E-state index is 13.3. The Morgan fingerprint density at radius 1 is 1.18 bits per heavy atom. The van der Waals surface area contributed by atoms with Gasteiger partial charge in [0.25, 0.3) is 0 Å². The molecule has 0 bridgehead atoms. The van der Waals surface area contributed by atoms with Gasteiger partial charge in [0.15, 0.2) is 5.79 Å². The van der Waals surface area contributed by atoms with Gasteiger partial charge in [0, 0.05) is 27.9 Å². The Morgan fingerprint density at radius 3 is 2.64 bits per heavy atom. The van der Waals surface area contributed by atoms with E-state index in [1.54, 1.807) is 11.4 Å². The molecule has 2 aliphatic rings. The molecule has 2 amide bonds. The fourth-order valence-electron chi connectivity index (χ4n) is 4.72. The van der Waals surface area contributed by atoms with Gasteiger partial charge < -0.3 is 35.5 Å². The minimum absolute atomic E-state index is 0.00504. The van der Waals surface area contributed by atoms with Crippen LogP contribution in [-0.4, -0.2) is 60.7 Å². The number of hydrogen-bond donors (Lipinski definition) is 4. The Bertz CT molecular complexity index is 1360. The number of rotatable bonds is 9. The standard InChI is InChI=1S/C28H31N5O5S/c1-18-11-20(7-8-24(18)38-21-5-3-2-4-6-21)31-15-25(34)33-17-28(36-9-10-37-28)13-23(33)27(35)32-14-22-12-19(16-39-22)26(29)30/h2-8,11-12,16,23,31H,9-10,13-15,17H2,1H3,(H3,29,30)(H,32,35)/t23-/m0/s1. The number of nitrogen functional groups attached to an aromatic ring is 1. The molecule has 11 heteroatoms. The normalized spacial score (nSPS) is 17.8. The molecule has 2 saturated heterocycles. The Hall–Kier alpha value is -3.93. The molecule has 204 valence electrons. The van der Waals surface area contributed by atoms with Crippen LogP contribution in [0, 0.1) is 12.3 Å². The van der Waals surface area contributed by atoms with E-state index >= 15 is 0 Å². The number of amides is 2. The lowest BCUT2D eigenvalue weighted by Gasteiger charge is -2.24. The zero-order valence-electron chi connectivity index (χ0n) is 21.6. The monoisotopic (exact) mass is 549 g/mol. The highest BCUT2D eigenvalue weighted by molar-refractivity contribution is 7.10. The number of anilines is 1. The van der Waals surface area contributed by atoms with E-state index < -0.39 is 11.8 Å². The number of likely N-dealkylation sites (tertiary alicyclic amines) is 1. The number of carbonyl (C=O) groups excluding carboxylic acids is 2. The number of benzene rings is 2. The molecule has 0 unspecified atom stereocenters. The van der Waals surface area contributed by atoms with Crippen LogP contribution >= 0.6 is 11.3 Å². The number of ether oxygens (including phenoxy) is 3. The number of aryl methyl sites for hydroxylation is 1. The first kappa shape index (κ1) is 26.7. The van der Waals surface area contributed by atoms with E-state index in [9.17, 15) is 9.59 Å². The van der Waals surface area contributed by atoms with Crippen LogP contribution in [0.2, 0.25) is 0 Å². The molecular formula is C28H31N5O5S. The maximum atomic E-state index is 13.3. The lowest BCUT2D eigenvalue weighted by molar-refractivity contribution is -0.151. The minimum atomic E-state index is -0.963. The summed E-state index contributed by atoms with van der Waals surface area (Å²) >= 11 is 1.41. The molecular weight excluding hydrogens is 518 g/mol. The third kappa shape index (κ3) is 6.22. The Kier molecular flexibility index (Phi) is 7.82. The van der Waals surface area contributed by atoms with E-state index in [-0.39, 0.29) is 43.7 Å². The van der Waals surface area contributed by atoms with E-state index in [0.717, 1.165) is 27.6 Å². The zero-order chi connectivity index (χ0) is 27.4. The number of carbonyl (C=O) groups is 2. The van der Waals surface area contributed by atoms with Crippen molar-refractivity contribution in [2.75, 3.05) is 31.6 Å². The van der Waals surface area contributed by atoms with Gasteiger partial charge >= 0.3 is 0 Å². The largest absolute Gasteiger partial charge is 0.457 e. The quantitative estimate of drug-likeness (QED) is 0.237. The first-order valence-electron chi connectivity index (χ1n) is 12.7. The van der Waals surface area contributed by atoms with Crippen LogP contribution in [0.5, 0.6) is 11.5 Å². The molecule has 2 fully saturated rings. The van der Waals surface area contributed by atoms with Gasteiger partial charge in [-0.15, -0.1) is 11.3 Å². The molecule has 2 aliphatic heterocycles. The van der Waals surface area contributed by atoms with Crippen LogP contribution in [0.4, 0.5) is 5.69 Å². The molecule has 10 nitrogen and oxygen atoms in total. The SMILES string of the molecule is Cc1cc(NCC(=O)N2CC3(C[C@H]2C(=O)NCc2cc(C(=N)N)cs2)OCCO3)ccc1Oc1ccccc1. The number of hydrogen-bond acceptors (Lipinski definition) is 8. The van der Waals surface area contributed by atoms with Gasteiger partial charge in [-0.05, 0) is 48.9 Å². The first-order chi connectivity index (χ1) is 18.8.